The van der Waals surface area contributed by atoms with Crippen LogP contribution in [0, 0.1) is 6.92 Å². The van der Waals surface area contributed by atoms with Crippen LogP contribution in [0.25, 0.3) is 0 Å². The Morgan fingerprint density at radius 3 is 1.77 bits per heavy atom. The van der Waals surface area contributed by atoms with Crippen LogP contribution >= 0.6 is 7.92 Å². The fourth-order valence-electron chi connectivity index (χ4n) is 2.69. The summed E-state index contributed by atoms with van der Waals surface area (Å²) in [6, 6.07) is 26.6. The van der Waals surface area contributed by atoms with Crippen LogP contribution in [-0.2, 0) is 4.74 Å². The van der Waals surface area contributed by atoms with E-state index in [1.165, 1.54) is 17.7 Å². The van der Waals surface area contributed by atoms with Crippen molar-refractivity contribution in [3.8, 4) is 0 Å². The summed E-state index contributed by atoms with van der Waals surface area (Å²) in [5.41, 5.74) is 1.78. The molecule has 0 atom stereocenters. The average Bonchev–Trinajstić information content (AvgIpc) is 2.71. The first-order valence-electron chi connectivity index (χ1n) is 8.80. The molecule has 0 spiro atoms. The second kappa shape index (κ2) is 9.89. The molecule has 0 fully saturated rings. The van der Waals surface area contributed by atoms with Gasteiger partial charge in [0, 0.05) is 0 Å². The minimum Gasteiger partial charge on any atom is -0.465 e. The highest BCUT2D eigenvalue weighted by molar-refractivity contribution is 7.80. The van der Waals surface area contributed by atoms with E-state index in [0.717, 1.165) is 10.9 Å². The maximum absolute atomic E-state index is 12.3. The van der Waals surface area contributed by atoms with Crippen LogP contribution in [0.2, 0.25) is 0 Å². The van der Waals surface area contributed by atoms with Gasteiger partial charge in [-0.05, 0) is 36.8 Å². The molecule has 0 aromatic heterocycles. The molecule has 2 nitrogen and oxygen atoms in total. The lowest BCUT2D eigenvalue weighted by atomic mass is 10.1. The average molecular weight is 364 g/mol. The Labute approximate surface area is 157 Å². The number of hydrogen-bond acceptors (Lipinski definition) is 2. The lowest BCUT2D eigenvalue weighted by Gasteiger charge is -2.22. The van der Waals surface area contributed by atoms with E-state index < -0.39 is 7.92 Å². The maximum atomic E-state index is 12.3. The van der Waals surface area contributed by atoms with Crippen LogP contribution in [0.15, 0.2) is 78.9 Å². The number of carbonyl (C=O) groups excluding carboxylic acids is 1. The summed E-state index contributed by atoms with van der Waals surface area (Å²) in [4.78, 5) is 12.3. The third-order valence-corrected chi connectivity index (χ3v) is 6.31. The van der Waals surface area contributed by atoms with E-state index in [-0.39, 0.29) is 5.97 Å². The summed E-state index contributed by atoms with van der Waals surface area (Å²) in [6.45, 7) is 6.05. The standard InChI is InChI=1S/C21H19O2P.C2H6/c1-16-13-14-19(21(22)23-2)20(15-16)24(17-9-5-3-6-10-17)18-11-7-4-8-12-18;1-2/h3-15H,1-2H3;1-2H3. The van der Waals surface area contributed by atoms with Crippen LogP contribution in [-0.4, -0.2) is 13.1 Å². The van der Waals surface area contributed by atoms with Gasteiger partial charge in [-0.25, -0.2) is 4.79 Å². The first-order chi connectivity index (χ1) is 12.7. The van der Waals surface area contributed by atoms with Gasteiger partial charge >= 0.3 is 5.97 Å². The van der Waals surface area contributed by atoms with Gasteiger partial charge < -0.3 is 4.74 Å². The number of aryl methyl sites for hydroxylation is 1. The van der Waals surface area contributed by atoms with Crippen molar-refractivity contribution in [2.45, 2.75) is 20.8 Å². The Hall–Kier alpha value is -2.44. The van der Waals surface area contributed by atoms with Gasteiger partial charge in [-0.15, -0.1) is 0 Å². The SMILES string of the molecule is CC.COC(=O)c1ccc(C)cc1P(c1ccccc1)c1ccccc1. The zero-order valence-corrected chi connectivity index (χ0v) is 16.7. The van der Waals surface area contributed by atoms with Crippen molar-refractivity contribution >= 4 is 29.8 Å². The van der Waals surface area contributed by atoms with E-state index in [4.69, 9.17) is 4.74 Å². The monoisotopic (exact) mass is 364 g/mol. The molecule has 0 saturated heterocycles. The van der Waals surface area contributed by atoms with E-state index in [1.54, 1.807) is 0 Å². The molecule has 0 N–H and O–H groups in total. The summed E-state index contributed by atoms with van der Waals surface area (Å²) >= 11 is 0. The molecule has 0 heterocycles. The summed E-state index contributed by atoms with van der Waals surface area (Å²) in [6.07, 6.45) is 0. The fraction of sp³-hybridized carbons (Fsp3) is 0.174. The maximum Gasteiger partial charge on any atom is 0.338 e. The molecular formula is C23H25O2P. The van der Waals surface area contributed by atoms with Gasteiger partial charge in [0.1, 0.15) is 0 Å². The minimum absolute atomic E-state index is 0.288. The zero-order valence-electron chi connectivity index (χ0n) is 15.8. The summed E-state index contributed by atoms with van der Waals surface area (Å²) < 4.78 is 5.01. The van der Waals surface area contributed by atoms with Crippen LogP contribution in [0.3, 0.4) is 0 Å². The van der Waals surface area contributed by atoms with Crippen molar-refractivity contribution in [1.29, 1.82) is 0 Å². The highest BCUT2D eigenvalue weighted by atomic mass is 31.1. The largest absolute Gasteiger partial charge is 0.465 e. The van der Waals surface area contributed by atoms with Crippen molar-refractivity contribution in [2.24, 2.45) is 0 Å². The molecule has 0 aliphatic heterocycles. The topological polar surface area (TPSA) is 26.3 Å². The number of hydrogen-bond donors (Lipinski definition) is 0. The Kier molecular flexibility index (Phi) is 7.56. The Balaban J connectivity index is 0.00000117. The molecular weight excluding hydrogens is 339 g/mol. The van der Waals surface area contributed by atoms with E-state index in [1.807, 2.05) is 69.3 Å². The zero-order chi connectivity index (χ0) is 18.9. The van der Waals surface area contributed by atoms with E-state index in [9.17, 15) is 4.79 Å². The number of rotatable bonds is 4. The fourth-order valence-corrected chi connectivity index (χ4v) is 5.23. The minimum atomic E-state index is -0.822. The van der Waals surface area contributed by atoms with Gasteiger partial charge in [-0.1, -0.05) is 92.2 Å². The number of methoxy groups -OCH3 is 1. The van der Waals surface area contributed by atoms with E-state index >= 15 is 0 Å². The highest BCUT2D eigenvalue weighted by Gasteiger charge is 2.22. The predicted molar refractivity (Wildman–Crippen MR) is 113 cm³/mol. The van der Waals surface area contributed by atoms with Gasteiger partial charge in [0.2, 0.25) is 0 Å². The predicted octanol–water partition coefficient (Wildman–Crippen LogP) is 4.57. The summed E-state index contributed by atoms with van der Waals surface area (Å²) in [5, 5.41) is 3.47. The van der Waals surface area contributed by atoms with Crippen molar-refractivity contribution < 1.29 is 9.53 Å². The van der Waals surface area contributed by atoms with Gasteiger partial charge in [0.05, 0.1) is 12.7 Å². The highest BCUT2D eigenvalue weighted by Crippen LogP contribution is 2.34. The lowest BCUT2D eigenvalue weighted by molar-refractivity contribution is 0.0602. The van der Waals surface area contributed by atoms with Crippen molar-refractivity contribution in [2.75, 3.05) is 7.11 Å². The molecule has 0 radical (unpaired) electrons. The number of esters is 1. The molecule has 0 saturated carbocycles. The molecule has 0 bridgehead atoms. The van der Waals surface area contributed by atoms with E-state index in [2.05, 4.69) is 30.3 Å². The summed E-state index contributed by atoms with van der Waals surface area (Å²) in [5.74, 6) is -0.288. The third-order valence-electron chi connectivity index (χ3n) is 3.83. The molecule has 0 aliphatic rings. The molecule has 3 aromatic carbocycles. The van der Waals surface area contributed by atoms with Gasteiger partial charge in [-0.3, -0.25) is 0 Å². The second-order valence-corrected chi connectivity index (χ2v) is 7.70. The number of carbonyl (C=O) groups is 1. The van der Waals surface area contributed by atoms with Crippen LogP contribution in [0.5, 0.6) is 0 Å². The number of ether oxygens (including phenoxy) is 1. The smallest absolute Gasteiger partial charge is 0.338 e. The molecule has 0 aliphatic carbocycles. The van der Waals surface area contributed by atoms with Crippen LogP contribution in [0.1, 0.15) is 29.8 Å². The molecule has 134 valence electrons. The summed E-state index contributed by atoms with van der Waals surface area (Å²) in [7, 11) is 0.608. The molecule has 3 aromatic rings. The van der Waals surface area contributed by atoms with Gasteiger partial charge in [0.25, 0.3) is 0 Å². The third kappa shape index (κ3) is 4.59. The van der Waals surface area contributed by atoms with Crippen molar-refractivity contribution in [3.05, 3.63) is 90.0 Å². The normalized spacial score (nSPS) is 10.0. The van der Waals surface area contributed by atoms with Crippen LogP contribution < -0.4 is 15.9 Å². The Morgan fingerprint density at radius 2 is 1.31 bits per heavy atom. The number of benzene rings is 3. The molecule has 0 unspecified atom stereocenters. The molecule has 3 rings (SSSR count). The van der Waals surface area contributed by atoms with E-state index in [0.29, 0.717) is 5.56 Å². The first kappa shape index (κ1) is 19.9. The molecule has 3 heteroatoms. The second-order valence-electron chi connectivity index (χ2n) is 5.52. The Bertz CT molecular complexity index is 790. The first-order valence-corrected chi connectivity index (χ1v) is 10.1. The van der Waals surface area contributed by atoms with Gasteiger partial charge in [0.15, 0.2) is 0 Å². The Morgan fingerprint density at radius 1 is 0.808 bits per heavy atom. The van der Waals surface area contributed by atoms with Crippen molar-refractivity contribution in [3.63, 3.8) is 0 Å². The van der Waals surface area contributed by atoms with Crippen molar-refractivity contribution in [1.82, 2.24) is 0 Å². The lowest BCUT2D eigenvalue weighted by Crippen LogP contribution is -2.26. The van der Waals surface area contributed by atoms with Gasteiger partial charge in [-0.2, -0.15) is 0 Å². The molecule has 26 heavy (non-hydrogen) atoms. The van der Waals surface area contributed by atoms with Crippen LogP contribution in [0.4, 0.5) is 0 Å². The molecule has 0 amide bonds. The quantitative estimate of drug-likeness (QED) is 0.501.